The van der Waals surface area contributed by atoms with Gasteiger partial charge in [-0.05, 0) is 37.0 Å². The highest BCUT2D eigenvalue weighted by Gasteiger charge is 2.43. The third-order valence-corrected chi connectivity index (χ3v) is 4.19. The Balaban J connectivity index is 1.96. The van der Waals surface area contributed by atoms with E-state index >= 15 is 0 Å². The lowest BCUT2D eigenvalue weighted by atomic mass is 9.80. The standard InChI is InChI=1S/C15H17ClF3NO/c16-9-10-4-6-13(7-5-10)20-14(21)11-2-1-3-12(8-11)15(17,18)19/h4-7,11-12H,1-3,8-9H2,(H,20,21). The average molecular weight is 320 g/mol. The van der Waals surface area contributed by atoms with Crippen molar-refractivity contribution in [1.29, 1.82) is 0 Å². The molecule has 0 radical (unpaired) electrons. The van der Waals surface area contributed by atoms with Crippen LogP contribution in [-0.2, 0) is 10.7 Å². The Morgan fingerprint density at radius 1 is 1.24 bits per heavy atom. The number of carbonyl (C=O) groups is 1. The Labute approximate surface area is 126 Å². The summed E-state index contributed by atoms with van der Waals surface area (Å²) in [6.07, 6.45) is -3.25. The van der Waals surface area contributed by atoms with Gasteiger partial charge in [0.2, 0.25) is 5.91 Å². The number of nitrogens with one attached hydrogen (secondary N) is 1. The van der Waals surface area contributed by atoms with Gasteiger partial charge in [0.15, 0.2) is 0 Å². The van der Waals surface area contributed by atoms with E-state index in [0.29, 0.717) is 24.4 Å². The molecule has 0 heterocycles. The highest BCUT2D eigenvalue weighted by atomic mass is 35.5. The third kappa shape index (κ3) is 4.37. The zero-order valence-corrected chi connectivity index (χ0v) is 12.2. The Hall–Kier alpha value is -1.23. The molecule has 2 unspecified atom stereocenters. The van der Waals surface area contributed by atoms with Gasteiger partial charge < -0.3 is 5.32 Å². The lowest BCUT2D eigenvalue weighted by Crippen LogP contribution is -2.34. The largest absolute Gasteiger partial charge is 0.391 e. The summed E-state index contributed by atoms with van der Waals surface area (Å²) < 4.78 is 38.2. The summed E-state index contributed by atoms with van der Waals surface area (Å²) >= 11 is 5.67. The van der Waals surface area contributed by atoms with Gasteiger partial charge in [0, 0.05) is 17.5 Å². The molecule has 6 heteroatoms. The van der Waals surface area contributed by atoms with Gasteiger partial charge >= 0.3 is 6.18 Å². The molecule has 1 amide bonds. The zero-order valence-electron chi connectivity index (χ0n) is 11.4. The second-order valence-electron chi connectivity index (χ2n) is 5.42. The minimum Gasteiger partial charge on any atom is -0.326 e. The molecule has 2 atom stereocenters. The molecule has 1 aliphatic carbocycles. The number of alkyl halides is 4. The van der Waals surface area contributed by atoms with Gasteiger partial charge in [-0.1, -0.05) is 18.6 Å². The van der Waals surface area contributed by atoms with Crippen LogP contribution in [0.2, 0.25) is 0 Å². The highest BCUT2D eigenvalue weighted by Crippen LogP contribution is 2.40. The summed E-state index contributed by atoms with van der Waals surface area (Å²) in [6, 6.07) is 6.98. The van der Waals surface area contributed by atoms with E-state index in [9.17, 15) is 18.0 Å². The first kappa shape index (κ1) is 16.1. The van der Waals surface area contributed by atoms with Crippen molar-refractivity contribution < 1.29 is 18.0 Å². The summed E-state index contributed by atoms with van der Waals surface area (Å²) in [5, 5.41) is 2.69. The number of rotatable bonds is 3. The predicted molar refractivity (Wildman–Crippen MR) is 76.1 cm³/mol. The van der Waals surface area contributed by atoms with Crippen LogP contribution in [0.25, 0.3) is 0 Å². The van der Waals surface area contributed by atoms with E-state index in [1.54, 1.807) is 24.3 Å². The van der Waals surface area contributed by atoms with Crippen LogP contribution >= 0.6 is 11.6 Å². The lowest BCUT2D eigenvalue weighted by Gasteiger charge is -2.29. The molecule has 1 fully saturated rings. The molecule has 0 bridgehead atoms. The Kier molecular flexibility index (Phi) is 5.14. The minimum atomic E-state index is -4.21. The minimum absolute atomic E-state index is 0.116. The molecule has 116 valence electrons. The number of halogens is 4. The predicted octanol–water partition coefficient (Wildman–Crippen LogP) is 4.73. The molecule has 0 aromatic heterocycles. The van der Waals surface area contributed by atoms with E-state index < -0.39 is 18.0 Å². The van der Waals surface area contributed by atoms with E-state index in [0.717, 1.165) is 5.56 Å². The number of benzene rings is 1. The van der Waals surface area contributed by atoms with Gasteiger partial charge in [0.1, 0.15) is 0 Å². The first-order valence-corrected chi connectivity index (χ1v) is 7.46. The molecule has 1 saturated carbocycles. The second-order valence-corrected chi connectivity index (χ2v) is 5.69. The van der Waals surface area contributed by atoms with Crippen LogP contribution < -0.4 is 5.32 Å². The SMILES string of the molecule is O=C(Nc1ccc(CCl)cc1)C1CCCC(C(F)(F)F)C1. The first-order chi connectivity index (χ1) is 9.90. The van der Waals surface area contributed by atoms with E-state index in [1.807, 2.05) is 0 Å². The topological polar surface area (TPSA) is 29.1 Å². The molecular formula is C15H17ClF3NO. The van der Waals surface area contributed by atoms with Crippen molar-refractivity contribution in [1.82, 2.24) is 0 Å². The maximum Gasteiger partial charge on any atom is 0.391 e. The fourth-order valence-electron chi connectivity index (χ4n) is 2.65. The van der Waals surface area contributed by atoms with Crippen LogP contribution in [0.4, 0.5) is 18.9 Å². The van der Waals surface area contributed by atoms with E-state index in [-0.39, 0.29) is 18.7 Å². The number of hydrogen-bond donors (Lipinski definition) is 1. The van der Waals surface area contributed by atoms with Crippen LogP contribution in [0.15, 0.2) is 24.3 Å². The maximum absolute atomic E-state index is 12.7. The van der Waals surface area contributed by atoms with Crippen molar-refractivity contribution in [3.8, 4) is 0 Å². The molecule has 0 spiro atoms. The summed E-state index contributed by atoms with van der Waals surface area (Å²) in [7, 11) is 0. The number of anilines is 1. The molecule has 1 aromatic carbocycles. The molecule has 1 aromatic rings. The summed E-state index contributed by atoms with van der Waals surface area (Å²) in [4.78, 5) is 12.1. The van der Waals surface area contributed by atoms with Gasteiger partial charge in [-0.3, -0.25) is 4.79 Å². The maximum atomic E-state index is 12.7. The van der Waals surface area contributed by atoms with Crippen LogP contribution in [0, 0.1) is 11.8 Å². The van der Waals surface area contributed by atoms with Crippen molar-refractivity contribution in [2.45, 2.75) is 37.7 Å². The van der Waals surface area contributed by atoms with Crippen molar-refractivity contribution >= 4 is 23.2 Å². The fraction of sp³-hybridized carbons (Fsp3) is 0.533. The van der Waals surface area contributed by atoms with Gasteiger partial charge in [0.05, 0.1) is 5.92 Å². The summed E-state index contributed by atoms with van der Waals surface area (Å²) in [5.41, 5.74) is 1.51. The van der Waals surface area contributed by atoms with Crippen LogP contribution in [0.3, 0.4) is 0 Å². The van der Waals surface area contributed by atoms with Gasteiger partial charge in [-0.25, -0.2) is 0 Å². The average Bonchev–Trinajstić information content (AvgIpc) is 2.47. The Morgan fingerprint density at radius 3 is 2.48 bits per heavy atom. The smallest absolute Gasteiger partial charge is 0.326 e. The molecule has 2 rings (SSSR count). The molecule has 0 aliphatic heterocycles. The molecular weight excluding hydrogens is 303 g/mol. The van der Waals surface area contributed by atoms with Gasteiger partial charge in [-0.2, -0.15) is 13.2 Å². The number of carbonyl (C=O) groups excluding carboxylic acids is 1. The van der Waals surface area contributed by atoms with Crippen LogP contribution in [0.1, 0.15) is 31.2 Å². The van der Waals surface area contributed by atoms with Crippen molar-refractivity contribution in [2.24, 2.45) is 11.8 Å². The molecule has 1 N–H and O–H groups in total. The first-order valence-electron chi connectivity index (χ1n) is 6.92. The van der Waals surface area contributed by atoms with Crippen LogP contribution in [0.5, 0.6) is 0 Å². The number of hydrogen-bond acceptors (Lipinski definition) is 1. The molecule has 2 nitrogen and oxygen atoms in total. The van der Waals surface area contributed by atoms with Gasteiger partial charge in [-0.15, -0.1) is 11.6 Å². The quantitative estimate of drug-likeness (QED) is 0.802. The lowest BCUT2D eigenvalue weighted by molar-refractivity contribution is -0.185. The van der Waals surface area contributed by atoms with Crippen molar-refractivity contribution in [2.75, 3.05) is 5.32 Å². The Morgan fingerprint density at radius 2 is 1.90 bits per heavy atom. The zero-order chi connectivity index (χ0) is 15.5. The fourth-order valence-corrected chi connectivity index (χ4v) is 2.82. The van der Waals surface area contributed by atoms with Gasteiger partial charge in [0.25, 0.3) is 0 Å². The number of amides is 1. The van der Waals surface area contributed by atoms with Crippen molar-refractivity contribution in [3.05, 3.63) is 29.8 Å². The monoisotopic (exact) mass is 319 g/mol. The molecule has 1 aliphatic rings. The van der Waals surface area contributed by atoms with E-state index in [1.165, 1.54) is 0 Å². The van der Waals surface area contributed by atoms with E-state index in [2.05, 4.69) is 5.32 Å². The normalized spacial score (nSPS) is 22.9. The van der Waals surface area contributed by atoms with Crippen molar-refractivity contribution in [3.63, 3.8) is 0 Å². The second kappa shape index (κ2) is 6.69. The summed E-state index contributed by atoms with van der Waals surface area (Å²) in [5.74, 6) is -1.88. The Bertz CT molecular complexity index is 487. The highest BCUT2D eigenvalue weighted by molar-refractivity contribution is 6.17. The van der Waals surface area contributed by atoms with E-state index in [4.69, 9.17) is 11.6 Å². The third-order valence-electron chi connectivity index (χ3n) is 3.88. The van der Waals surface area contributed by atoms with Crippen LogP contribution in [-0.4, -0.2) is 12.1 Å². The molecule has 0 saturated heterocycles. The molecule has 21 heavy (non-hydrogen) atoms. The summed E-state index contributed by atoms with van der Waals surface area (Å²) in [6.45, 7) is 0.